The molecule has 1 atom stereocenters. The second-order valence-corrected chi connectivity index (χ2v) is 5.47. The van der Waals surface area contributed by atoms with E-state index in [-0.39, 0.29) is 12.4 Å². The molecule has 1 aromatic heterocycles. The fraction of sp³-hybridized carbons (Fsp3) is 0.312. The van der Waals surface area contributed by atoms with Gasteiger partial charge in [-0.1, -0.05) is 41.9 Å². The van der Waals surface area contributed by atoms with Crippen LogP contribution in [0.15, 0.2) is 42.6 Å². The first-order valence-electron chi connectivity index (χ1n) is 6.78. The molecule has 1 aliphatic heterocycles. The van der Waals surface area contributed by atoms with Crippen molar-refractivity contribution in [3.8, 4) is 16.9 Å². The lowest BCUT2D eigenvalue weighted by Gasteiger charge is -2.37. The van der Waals surface area contributed by atoms with E-state index in [9.17, 15) is 0 Å². The molecular formula is C16H18Cl2N2O. The first kappa shape index (κ1) is 16.1. The van der Waals surface area contributed by atoms with Crippen molar-refractivity contribution >= 4 is 24.0 Å². The van der Waals surface area contributed by atoms with Crippen LogP contribution in [0, 0.1) is 0 Å². The van der Waals surface area contributed by atoms with Gasteiger partial charge in [-0.2, -0.15) is 0 Å². The Morgan fingerprint density at radius 1 is 1.33 bits per heavy atom. The van der Waals surface area contributed by atoms with Crippen LogP contribution >= 0.6 is 24.0 Å². The number of hydrogen-bond acceptors (Lipinski definition) is 3. The van der Waals surface area contributed by atoms with Gasteiger partial charge in [-0.25, -0.2) is 4.98 Å². The zero-order chi connectivity index (χ0) is 13.9. The largest absolute Gasteiger partial charge is 0.490 e. The molecule has 2 heterocycles. The molecule has 0 bridgehead atoms. The number of benzene rings is 1. The Morgan fingerprint density at radius 3 is 2.71 bits per heavy atom. The van der Waals surface area contributed by atoms with Crippen molar-refractivity contribution in [1.82, 2.24) is 9.88 Å². The van der Waals surface area contributed by atoms with Crippen LogP contribution in [0.4, 0.5) is 0 Å². The second-order valence-electron chi connectivity index (χ2n) is 5.11. The van der Waals surface area contributed by atoms with Crippen LogP contribution in [0.2, 0.25) is 5.15 Å². The molecule has 0 spiro atoms. The molecule has 112 valence electrons. The van der Waals surface area contributed by atoms with E-state index in [0.29, 0.717) is 17.8 Å². The van der Waals surface area contributed by atoms with Crippen LogP contribution in [-0.4, -0.2) is 36.1 Å². The van der Waals surface area contributed by atoms with Gasteiger partial charge in [0, 0.05) is 11.6 Å². The summed E-state index contributed by atoms with van der Waals surface area (Å²) >= 11 is 6.18. The Kier molecular flexibility index (Phi) is 5.45. The number of aromatic nitrogens is 1. The number of hydrogen-bond donors (Lipinski definition) is 0. The smallest absolute Gasteiger partial charge is 0.138 e. The Balaban J connectivity index is 0.00000161. The summed E-state index contributed by atoms with van der Waals surface area (Å²) in [5, 5.41) is 0.504. The summed E-state index contributed by atoms with van der Waals surface area (Å²) < 4.78 is 5.83. The number of halogens is 2. The topological polar surface area (TPSA) is 25.4 Å². The van der Waals surface area contributed by atoms with E-state index < -0.39 is 0 Å². The quantitative estimate of drug-likeness (QED) is 0.797. The predicted octanol–water partition coefficient (Wildman–Crippen LogP) is 3.91. The molecule has 0 aliphatic carbocycles. The van der Waals surface area contributed by atoms with Crippen molar-refractivity contribution in [2.45, 2.75) is 12.5 Å². The van der Waals surface area contributed by atoms with Gasteiger partial charge < -0.3 is 4.74 Å². The highest BCUT2D eigenvalue weighted by Crippen LogP contribution is 2.29. The van der Waals surface area contributed by atoms with Crippen LogP contribution in [0.1, 0.15) is 6.42 Å². The van der Waals surface area contributed by atoms with E-state index in [2.05, 4.69) is 16.9 Å². The number of likely N-dealkylation sites (N-methyl/N-ethyl adjacent to an activating group) is 1. The first-order chi connectivity index (χ1) is 9.74. The Hall–Kier alpha value is -1.29. The van der Waals surface area contributed by atoms with E-state index >= 15 is 0 Å². The highest BCUT2D eigenvalue weighted by Gasteiger charge is 2.24. The summed E-state index contributed by atoms with van der Waals surface area (Å²) in [5.41, 5.74) is 1.96. The summed E-state index contributed by atoms with van der Waals surface area (Å²) in [6, 6.07) is 12.5. The van der Waals surface area contributed by atoms with Gasteiger partial charge in [0.05, 0.1) is 6.20 Å². The van der Waals surface area contributed by atoms with Crippen molar-refractivity contribution in [2.75, 3.05) is 20.2 Å². The van der Waals surface area contributed by atoms with Gasteiger partial charge in [-0.15, -0.1) is 12.4 Å². The Labute approximate surface area is 136 Å². The minimum Gasteiger partial charge on any atom is -0.490 e. The van der Waals surface area contributed by atoms with Crippen molar-refractivity contribution < 1.29 is 4.74 Å². The maximum Gasteiger partial charge on any atom is 0.138 e. The number of nitrogens with zero attached hydrogens (tertiary/aromatic N) is 2. The molecule has 5 heteroatoms. The van der Waals surface area contributed by atoms with E-state index in [1.807, 2.05) is 36.4 Å². The van der Waals surface area contributed by atoms with Crippen LogP contribution in [-0.2, 0) is 0 Å². The van der Waals surface area contributed by atoms with Gasteiger partial charge in [0.25, 0.3) is 0 Å². The molecule has 0 N–H and O–H groups in total. The van der Waals surface area contributed by atoms with Crippen LogP contribution in [0.25, 0.3) is 11.1 Å². The van der Waals surface area contributed by atoms with E-state index in [1.165, 1.54) is 6.42 Å². The summed E-state index contributed by atoms with van der Waals surface area (Å²) in [6.45, 7) is 1.86. The number of pyridine rings is 1. The molecule has 1 saturated heterocycles. The van der Waals surface area contributed by atoms with E-state index in [1.54, 1.807) is 6.20 Å². The Bertz CT molecular complexity index is 592. The molecule has 2 aromatic rings. The van der Waals surface area contributed by atoms with Crippen molar-refractivity contribution in [1.29, 1.82) is 0 Å². The number of ether oxygens (including phenoxy) is 1. The van der Waals surface area contributed by atoms with Gasteiger partial charge >= 0.3 is 0 Å². The maximum absolute atomic E-state index is 6.18. The molecule has 0 amide bonds. The van der Waals surface area contributed by atoms with Crippen LogP contribution < -0.4 is 4.74 Å². The third-order valence-corrected chi connectivity index (χ3v) is 4.08. The van der Waals surface area contributed by atoms with Gasteiger partial charge in [0.2, 0.25) is 0 Å². The number of likely N-dealkylation sites (tertiary alicyclic amines) is 1. The summed E-state index contributed by atoms with van der Waals surface area (Å²) in [4.78, 5) is 6.52. The Morgan fingerprint density at radius 2 is 2.10 bits per heavy atom. The molecule has 1 fully saturated rings. The minimum atomic E-state index is 0. The monoisotopic (exact) mass is 324 g/mol. The summed E-state index contributed by atoms with van der Waals surface area (Å²) in [7, 11) is 2.12. The molecule has 1 aliphatic rings. The zero-order valence-corrected chi connectivity index (χ0v) is 13.4. The lowest BCUT2D eigenvalue weighted by molar-refractivity contribution is 0.0768. The molecule has 0 unspecified atom stereocenters. The highest BCUT2D eigenvalue weighted by atomic mass is 35.5. The second kappa shape index (κ2) is 7.12. The maximum atomic E-state index is 6.18. The fourth-order valence-electron chi connectivity index (χ4n) is 2.30. The molecule has 3 rings (SSSR count). The molecule has 0 radical (unpaired) electrons. The molecule has 3 nitrogen and oxygen atoms in total. The molecule has 0 saturated carbocycles. The lowest BCUT2D eigenvalue weighted by atomic mass is 10.1. The van der Waals surface area contributed by atoms with Crippen molar-refractivity contribution in [3.63, 3.8) is 0 Å². The van der Waals surface area contributed by atoms with Gasteiger partial charge in [0.1, 0.15) is 17.5 Å². The van der Waals surface area contributed by atoms with Crippen molar-refractivity contribution in [3.05, 3.63) is 47.7 Å². The standard InChI is InChI=1S/C16H17ClN2O.ClH/c1-19-8-7-13(19)11-20-14-9-15(16(17)18-10-14)12-5-3-2-4-6-12;/h2-6,9-10,13H,7-8,11H2,1H3;1H/t13-;/m1./s1. The van der Waals surface area contributed by atoms with Crippen molar-refractivity contribution in [2.24, 2.45) is 0 Å². The SMILES string of the molecule is CN1CC[C@@H]1COc1cnc(Cl)c(-c2ccccc2)c1.Cl. The lowest BCUT2D eigenvalue weighted by Crippen LogP contribution is -2.48. The normalized spacial score (nSPS) is 17.7. The van der Waals surface area contributed by atoms with Gasteiger partial charge in [0.15, 0.2) is 0 Å². The predicted molar refractivity (Wildman–Crippen MR) is 88.5 cm³/mol. The summed E-state index contributed by atoms with van der Waals surface area (Å²) in [5.74, 6) is 0.772. The van der Waals surface area contributed by atoms with Crippen LogP contribution in [0.3, 0.4) is 0 Å². The summed E-state index contributed by atoms with van der Waals surface area (Å²) in [6.07, 6.45) is 2.89. The average Bonchev–Trinajstić information content (AvgIpc) is 2.48. The zero-order valence-electron chi connectivity index (χ0n) is 11.8. The fourth-order valence-corrected chi connectivity index (χ4v) is 2.51. The number of rotatable bonds is 4. The molecular weight excluding hydrogens is 307 g/mol. The van der Waals surface area contributed by atoms with E-state index in [0.717, 1.165) is 23.4 Å². The average molecular weight is 325 g/mol. The highest BCUT2D eigenvalue weighted by molar-refractivity contribution is 6.32. The van der Waals surface area contributed by atoms with Gasteiger partial charge in [-0.3, -0.25) is 4.90 Å². The minimum absolute atomic E-state index is 0. The molecule has 1 aromatic carbocycles. The van der Waals surface area contributed by atoms with Crippen LogP contribution in [0.5, 0.6) is 5.75 Å². The molecule has 21 heavy (non-hydrogen) atoms. The first-order valence-corrected chi connectivity index (χ1v) is 7.16. The third-order valence-electron chi connectivity index (χ3n) is 3.78. The van der Waals surface area contributed by atoms with E-state index in [4.69, 9.17) is 16.3 Å². The van der Waals surface area contributed by atoms with Gasteiger partial charge in [-0.05, 0) is 31.6 Å². The third kappa shape index (κ3) is 3.67.